The molecule has 1 saturated heterocycles. The maximum Gasteiger partial charge on any atom is 0.111 e. The summed E-state index contributed by atoms with van der Waals surface area (Å²) in [7, 11) is 0. The minimum absolute atomic E-state index is 0.343. The second-order valence-corrected chi connectivity index (χ2v) is 5.70. The van der Waals surface area contributed by atoms with Crippen molar-refractivity contribution in [3.05, 3.63) is 0 Å². The van der Waals surface area contributed by atoms with Crippen molar-refractivity contribution in [2.24, 2.45) is 0 Å². The number of aliphatic hydroxyl groups is 9. The SMILES string of the molecule is OCC(O)C(O)C(O)C(O)COC[C@H]1OC(CO)[C@@H](O)[C@@H](O)C1O. The molecule has 0 amide bonds. The lowest BCUT2D eigenvalue weighted by atomic mass is 9.95. The normalized spacial score (nSPS) is 36.1. The fourth-order valence-corrected chi connectivity index (χ4v) is 2.28. The van der Waals surface area contributed by atoms with Gasteiger partial charge < -0.3 is 55.4 Å². The van der Waals surface area contributed by atoms with Crippen LogP contribution in [-0.2, 0) is 9.47 Å². The summed E-state index contributed by atoms with van der Waals surface area (Å²) in [5.41, 5.74) is 0. The average Bonchev–Trinajstić information content (AvgIpc) is 2.59. The van der Waals surface area contributed by atoms with Crippen molar-refractivity contribution >= 4 is 0 Å². The Kier molecular flexibility index (Phi) is 8.90. The van der Waals surface area contributed by atoms with Crippen LogP contribution in [0, 0.1) is 0 Å². The second kappa shape index (κ2) is 9.89. The highest BCUT2D eigenvalue weighted by molar-refractivity contribution is 4.92. The van der Waals surface area contributed by atoms with E-state index in [1.165, 1.54) is 0 Å². The number of aliphatic hydroxyl groups excluding tert-OH is 9. The van der Waals surface area contributed by atoms with E-state index >= 15 is 0 Å². The van der Waals surface area contributed by atoms with Gasteiger partial charge in [-0.1, -0.05) is 0 Å². The highest BCUT2D eigenvalue weighted by Gasteiger charge is 2.43. The molecule has 1 aliphatic heterocycles. The molecule has 24 heavy (non-hydrogen) atoms. The quantitative estimate of drug-likeness (QED) is 0.190. The molecule has 11 nitrogen and oxygen atoms in total. The summed E-state index contributed by atoms with van der Waals surface area (Å²) in [4.78, 5) is 0. The number of hydrogen-bond acceptors (Lipinski definition) is 11. The zero-order valence-corrected chi connectivity index (χ0v) is 12.9. The summed E-state index contributed by atoms with van der Waals surface area (Å²) >= 11 is 0. The maximum absolute atomic E-state index is 9.78. The van der Waals surface area contributed by atoms with E-state index in [0.717, 1.165) is 0 Å². The Bertz CT molecular complexity index is 355. The Balaban J connectivity index is 2.45. The van der Waals surface area contributed by atoms with Gasteiger partial charge in [-0.05, 0) is 0 Å². The summed E-state index contributed by atoms with van der Waals surface area (Å²) in [5, 5.41) is 84.6. The smallest absolute Gasteiger partial charge is 0.111 e. The first-order valence-electron chi connectivity index (χ1n) is 7.45. The van der Waals surface area contributed by atoms with Crippen LogP contribution in [0.1, 0.15) is 0 Å². The second-order valence-electron chi connectivity index (χ2n) is 5.70. The van der Waals surface area contributed by atoms with E-state index in [9.17, 15) is 35.7 Å². The summed E-state index contributed by atoms with van der Waals surface area (Å²) in [6.07, 6.45) is -13.6. The van der Waals surface area contributed by atoms with Gasteiger partial charge in [0.05, 0.1) is 26.4 Å². The molecule has 6 unspecified atom stereocenters. The molecule has 11 heteroatoms. The molecule has 0 aromatic rings. The molecule has 1 fully saturated rings. The lowest BCUT2D eigenvalue weighted by Gasteiger charge is -2.40. The van der Waals surface area contributed by atoms with Gasteiger partial charge in [-0.25, -0.2) is 0 Å². The molecule has 1 rings (SSSR count). The van der Waals surface area contributed by atoms with Crippen LogP contribution in [0.15, 0.2) is 0 Å². The molecule has 9 atom stereocenters. The van der Waals surface area contributed by atoms with Crippen LogP contribution < -0.4 is 0 Å². The fraction of sp³-hybridized carbons (Fsp3) is 1.00. The van der Waals surface area contributed by atoms with Crippen LogP contribution in [0.4, 0.5) is 0 Å². The fourth-order valence-electron chi connectivity index (χ4n) is 2.28. The number of ether oxygens (including phenoxy) is 2. The lowest BCUT2D eigenvalue weighted by Crippen LogP contribution is -2.59. The predicted octanol–water partition coefficient (Wildman–Crippen LogP) is -5.72. The first-order chi connectivity index (χ1) is 11.2. The summed E-state index contributed by atoms with van der Waals surface area (Å²) < 4.78 is 10.2. The molecular weight excluding hydrogens is 332 g/mol. The highest BCUT2D eigenvalue weighted by atomic mass is 16.6. The number of rotatable bonds is 9. The van der Waals surface area contributed by atoms with E-state index in [4.69, 9.17) is 19.7 Å². The van der Waals surface area contributed by atoms with E-state index in [1.54, 1.807) is 0 Å². The van der Waals surface area contributed by atoms with Crippen LogP contribution >= 0.6 is 0 Å². The Morgan fingerprint density at radius 1 is 0.792 bits per heavy atom. The van der Waals surface area contributed by atoms with E-state index < -0.39 is 74.8 Å². The molecular formula is C13H26O11. The van der Waals surface area contributed by atoms with Crippen LogP contribution in [0.3, 0.4) is 0 Å². The maximum atomic E-state index is 9.78. The average molecular weight is 358 g/mol. The van der Waals surface area contributed by atoms with Gasteiger partial charge in [-0.15, -0.1) is 0 Å². The largest absolute Gasteiger partial charge is 0.394 e. The van der Waals surface area contributed by atoms with Crippen molar-refractivity contribution in [3.8, 4) is 0 Å². The molecule has 0 aromatic heterocycles. The predicted molar refractivity (Wildman–Crippen MR) is 75.7 cm³/mol. The van der Waals surface area contributed by atoms with Gasteiger partial charge in [0, 0.05) is 0 Å². The Morgan fingerprint density at radius 2 is 1.33 bits per heavy atom. The van der Waals surface area contributed by atoms with Gasteiger partial charge in [0.15, 0.2) is 0 Å². The Labute approximate surface area is 137 Å². The molecule has 1 aliphatic rings. The summed E-state index contributed by atoms with van der Waals surface area (Å²) in [6.45, 7) is -2.25. The van der Waals surface area contributed by atoms with Crippen LogP contribution in [-0.4, -0.2) is 127 Å². The van der Waals surface area contributed by atoms with Crippen molar-refractivity contribution in [2.75, 3.05) is 26.4 Å². The molecule has 144 valence electrons. The first kappa shape index (κ1) is 21.6. The van der Waals surface area contributed by atoms with Crippen molar-refractivity contribution in [2.45, 2.75) is 54.9 Å². The van der Waals surface area contributed by atoms with Gasteiger partial charge in [0.1, 0.15) is 54.9 Å². The third kappa shape index (κ3) is 5.28. The minimum Gasteiger partial charge on any atom is -0.394 e. The van der Waals surface area contributed by atoms with E-state index in [-0.39, 0.29) is 6.61 Å². The van der Waals surface area contributed by atoms with Crippen molar-refractivity contribution in [3.63, 3.8) is 0 Å². The van der Waals surface area contributed by atoms with Gasteiger partial charge in [0.2, 0.25) is 0 Å². The molecule has 0 aromatic carbocycles. The standard InChI is InChI=1S/C13H26O11/c14-1-5(16)9(18)10(19)6(17)3-23-4-8-12(21)13(22)11(20)7(2-15)24-8/h5-22H,1-4H2/t5?,6?,7?,8-,9?,10?,11-,12?,13-/m1/s1. The van der Waals surface area contributed by atoms with Crippen molar-refractivity contribution < 1.29 is 55.4 Å². The molecule has 0 radical (unpaired) electrons. The zero-order valence-electron chi connectivity index (χ0n) is 12.9. The van der Waals surface area contributed by atoms with Gasteiger partial charge in [-0.3, -0.25) is 0 Å². The molecule has 0 saturated carbocycles. The van der Waals surface area contributed by atoms with Gasteiger partial charge >= 0.3 is 0 Å². The lowest BCUT2D eigenvalue weighted by molar-refractivity contribution is -0.241. The minimum atomic E-state index is -1.79. The third-order valence-electron chi connectivity index (χ3n) is 3.89. The van der Waals surface area contributed by atoms with Crippen LogP contribution in [0.2, 0.25) is 0 Å². The van der Waals surface area contributed by atoms with Gasteiger partial charge in [-0.2, -0.15) is 0 Å². The first-order valence-corrected chi connectivity index (χ1v) is 7.45. The molecule has 0 aliphatic carbocycles. The van der Waals surface area contributed by atoms with Crippen LogP contribution in [0.5, 0.6) is 0 Å². The number of hydrogen-bond donors (Lipinski definition) is 9. The van der Waals surface area contributed by atoms with Crippen molar-refractivity contribution in [1.29, 1.82) is 0 Å². The highest BCUT2D eigenvalue weighted by Crippen LogP contribution is 2.21. The zero-order chi connectivity index (χ0) is 18.4. The van der Waals surface area contributed by atoms with E-state index in [2.05, 4.69) is 0 Å². The Morgan fingerprint density at radius 3 is 1.88 bits per heavy atom. The van der Waals surface area contributed by atoms with Crippen molar-refractivity contribution in [1.82, 2.24) is 0 Å². The molecule has 0 bridgehead atoms. The summed E-state index contributed by atoms with van der Waals surface area (Å²) in [5.74, 6) is 0. The van der Waals surface area contributed by atoms with Gasteiger partial charge in [0.25, 0.3) is 0 Å². The molecule has 9 N–H and O–H groups in total. The molecule has 1 heterocycles. The third-order valence-corrected chi connectivity index (χ3v) is 3.89. The Hall–Kier alpha value is -0.440. The monoisotopic (exact) mass is 358 g/mol. The van der Waals surface area contributed by atoms with E-state index in [1.807, 2.05) is 0 Å². The van der Waals surface area contributed by atoms with E-state index in [0.29, 0.717) is 0 Å². The molecule has 0 spiro atoms. The summed E-state index contributed by atoms with van der Waals surface area (Å²) in [6, 6.07) is 0. The topological polar surface area (TPSA) is 201 Å². The van der Waals surface area contributed by atoms with Crippen LogP contribution in [0.25, 0.3) is 0 Å².